The molecule has 1 aromatic carbocycles. The second kappa shape index (κ2) is 7.05. The highest BCUT2D eigenvalue weighted by atomic mass is 35.5. The van der Waals surface area contributed by atoms with Crippen LogP contribution in [0.4, 0.5) is 5.69 Å². The Morgan fingerprint density at radius 2 is 2.10 bits per heavy atom. The number of benzene rings is 1. The molecule has 5 heteroatoms. The second-order valence-corrected chi connectivity index (χ2v) is 5.77. The molecule has 4 nitrogen and oxygen atoms in total. The van der Waals surface area contributed by atoms with Crippen molar-refractivity contribution in [1.82, 2.24) is 0 Å². The van der Waals surface area contributed by atoms with Crippen molar-refractivity contribution in [3.8, 4) is 0 Å². The summed E-state index contributed by atoms with van der Waals surface area (Å²) in [5.74, 6) is -0.0472. The fourth-order valence-electron chi connectivity index (χ4n) is 2.61. The molecule has 1 unspecified atom stereocenters. The normalized spacial score (nSPS) is 16.4. The van der Waals surface area contributed by atoms with E-state index in [-0.39, 0.29) is 24.1 Å². The van der Waals surface area contributed by atoms with E-state index in [1.807, 2.05) is 19.1 Å². The number of carbonyl (C=O) groups is 2. The Morgan fingerprint density at radius 1 is 1.38 bits per heavy atom. The van der Waals surface area contributed by atoms with Crippen LogP contribution in [0.3, 0.4) is 0 Å². The van der Waals surface area contributed by atoms with Gasteiger partial charge in [-0.05, 0) is 43.9 Å². The predicted octanol–water partition coefficient (Wildman–Crippen LogP) is 3.08. The van der Waals surface area contributed by atoms with Crippen LogP contribution in [0.1, 0.15) is 55.5 Å². The maximum Gasteiger partial charge on any atom is 0.244 e. The molecule has 1 amide bonds. The molecule has 2 rings (SSSR count). The fourth-order valence-corrected chi connectivity index (χ4v) is 2.61. The SMILES string of the molecule is CCCC(C)(N)C(=O)Nc1ccc2c(c1)C(=O)CCC2.Cl. The van der Waals surface area contributed by atoms with Crippen molar-refractivity contribution in [3.05, 3.63) is 29.3 Å². The Balaban J connectivity index is 0.00000220. The lowest BCUT2D eigenvalue weighted by molar-refractivity contribution is -0.120. The number of nitrogens with one attached hydrogen (secondary N) is 1. The number of hydrogen-bond donors (Lipinski definition) is 2. The molecule has 1 aromatic rings. The lowest BCUT2D eigenvalue weighted by Gasteiger charge is -2.23. The van der Waals surface area contributed by atoms with E-state index in [1.54, 1.807) is 13.0 Å². The van der Waals surface area contributed by atoms with E-state index >= 15 is 0 Å². The number of fused-ring (bicyclic) bond motifs is 1. The number of nitrogens with two attached hydrogens (primary N) is 1. The van der Waals surface area contributed by atoms with Gasteiger partial charge in [-0.15, -0.1) is 12.4 Å². The summed E-state index contributed by atoms with van der Waals surface area (Å²) >= 11 is 0. The van der Waals surface area contributed by atoms with Crippen LogP contribution >= 0.6 is 12.4 Å². The van der Waals surface area contributed by atoms with Crippen LogP contribution in [-0.2, 0) is 11.2 Å². The quantitative estimate of drug-likeness (QED) is 0.897. The largest absolute Gasteiger partial charge is 0.324 e. The number of aryl methyl sites for hydroxylation is 1. The van der Waals surface area contributed by atoms with Gasteiger partial charge in [0.25, 0.3) is 0 Å². The molecule has 0 saturated heterocycles. The molecule has 3 N–H and O–H groups in total. The van der Waals surface area contributed by atoms with Crippen molar-refractivity contribution >= 4 is 29.8 Å². The summed E-state index contributed by atoms with van der Waals surface area (Å²) in [6.07, 6.45) is 3.91. The summed E-state index contributed by atoms with van der Waals surface area (Å²) in [7, 11) is 0. The number of rotatable bonds is 4. The first kappa shape index (κ1) is 17.7. The van der Waals surface area contributed by atoms with E-state index in [2.05, 4.69) is 5.32 Å². The number of amides is 1. The zero-order valence-electron chi connectivity index (χ0n) is 12.6. The molecule has 1 aliphatic rings. The molecule has 0 fully saturated rings. The van der Waals surface area contributed by atoms with E-state index in [0.717, 1.165) is 30.4 Å². The molecular weight excluding hydrogens is 288 g/mol. The summed E-state index contributed by atoms with van der Waals surface area (Å²) in [6.45, 7) is 3.73. The van der Waals surface area contributed by atoms with Crippen LogP contribution in [0.25, 0.3) is 0 Å². The van der Waals surface area contributed by atoms with Crippen LogP contribution in [0.2, 0.25) is 0 Å². The maximum atomic E-state index is 12.2. The van der Waals surface area contributed by atoms with Crippen molar-refractivity contribution in [2.45, 2.75) is 51.5 Å². The van der Waals surface area contributed by atoms with Crippen LogP contribution in [0.15, 0.2) is 18.2 Å². The lowest BCUT2D eigenvalue weighted by Crippen LogP contribution is -2.48. The minimum absolute atomic E-state index is 0. The molecule has 0 spiro atoms. The third-order valence-corrected chi connectivity index (χ3v) is 3.81. The number of anilines is 1. The van der Waals surface area contributed by atoms with E-state index in [1.165, 1.54) is 0 Å². The first-order valence-electron chi connectivity index (χ1n) is 7.20. The third kappa shape index (κ3) is 4.05. The van der Waals surface area contributed by atoms with Crippen LogP contribution in [0.5, 0.6) is 0 Å². The van der Waals surface area contributed by atoms with Gasteiger partial charge in [0.15, 0.2) is 5.78 Å². The molecule has 1 aliphatic carbocycles. The highest BCUT2D eigenvalue weighted by Gasteiger charge is 2.27. The second-order valence-electron chi connectivity index (χ2n) is 5.77. The van der Waals surface area contributed by atoms with Gasteiger partial charge in [0.2, 0.25) is 5.91 Å². The van der Waals surface area contributed by atoms with Crippen LogP contribution in [0, 0.1) is 0 Å². The van der Waals surface area contributed by atoms with Gasteiger partial charge >= 0.3 is 0 Å². The monoisotopic (exact) mass is 310 g/mol. The summed E-state index contributed by atoms with van der Waals surface area (Å²) in [5, 5.41) is 2.82. The maximum absolute atomic E-state index is 12.2. The number of halogens is 1. The molecule has 0 radical (unpaired) electrons. The zero-order valence-corrected chi connectivity index (χ0v) is 13.4. The Kier molecular flexibility index (Phi) is 5.93. The third-order valence-electron chi connectivity index (χ3n) is 3.81. The zero-order chi connectivity index (χ0) is 14.8. The smallest absolute Gasteiger partial charge is 0.244 e. The molecular formula is C16H23ClN2O2. The van der Waals surface area contributed by atoms with E-state index < -0.39 is 5.54 Å². The van der Waals surface area contributed by atoms with E-state index in [0.29, 0.717) is 18.5 Å². The predicted molar refractivity (Wildman–Crippen MR) is 87.1 cm³/mol. The van der Waals surface area contributed by atoms with Gasteiger partial charge in [0.1, 0.15) is 0 Å². The first-order valence-corrected chi connectivity index (χ1v) is 7.20. The van der Waals surface area contributed by atoms with Crippen molar-refractivity contribution in [3.63, 3.8) is 0 Å². The van der Waals surface area contributed by atoms with Crippen LogP contribution in [-0.4, -0.2) is 17.2 Å². The molecule has 0 aromatic heterocycles. The summed E-state index contributed by atoms with van der Waals surface area (Å²) in [6, 6.07) is 5.55. The molecule has 0 bridgehead atoms. The van der Waals surface area contributed by atoms with Crippen molar-refractivity contribution in [1.29, 1.82) is 0 Å². The highest BCUT2D eigenvalue weighted by molar-refractivity contribution is 6.02. The van der Waals surface area contributed by atoms with Gasteiger partial charge in [0, 0.05) is 17.7 Å². The number of Topliss-reactive ketones (excluding diaryl/α,β-unsaturated/α-hetero) is 1. The molecule has 0 heterocycles. The lowest BCUT2D eigenvalue weighted by atomic mass is 9.90. The Labute approximate surface area is 131 Å². The van der Waals surface area contributed by atoms with Crippen molar-refractivity contribution in [2.75, 3.05) is 5.32 Å². The van der Waals surface area contributed by atoms with Crippen molar-refractivity contribution in [2.24, 2.45) is 5.73 Å². The number of carbonyl (C=O) groups excluding carboxylic acids is 2. The molecule has 1 atom stereocenters. The average molecular weight is 311 g/mol. The van der Waals surface area contributed by atoms with Gasteiger partial charge in [-0.2, -0.15) is 0 Å². The fraction of sp³-hybridized carbons (Fsp3) is 0.500. The molecule has 0 saturated carbocycles. The average Bonchev–Trinajstić information content (AvgIpc) is 2.39. The summed E-state index contributed by atoms with van der Waals surface area (Å²) in [4.78, 5) is 24.0. The summed E-state index contributed by atoms with van der Waals surface area (Å²) < 4.78 is 0. The van der Waals surface area contributed by atoms with Crippen molar-refractivity contribution < 1.29 is 9.59 Å². The standard InChI is InChI=1S/C16H22N2O2.ClH/c1-3-9-16(2,17)15(20)18-12-8-7-11-5-4-6-14(19)13(11)10-12;/h7-8,10H,3-6,9,17H2,1-2H3,(H,18,20);1H. The highest BCUT2D eigenvalue weighted by Crippen LogP contribution is 2.25. The Bertz CT molecular complexity index is 541. The van der Waals surface area contributed by atoms with Crippen LogP contribution < -0.4 is 11.1 Å². The van der Waals surface area contributed by atoms with Gasteiger partial charge in [-0.25, -0.2) is 0 Å². The first-order chi connectivity index (χ1) is 9.44. The molecule has 0 aliphatic heterocycles. The Hall–Kier alpha value is -1.39. The summed E-state index contributed by atoms with van der Waals surface area (Å²) in [5.41, 5.74) is 7.59. The van der Waals surface area contributed by atoms with E-state index in [9.17, 15) is 9.59 Å². The van der Waals surface area contributed by atoms with Gasteiger partial charge in [-0.3, -0.25) is 9.59 Å². The molecule has 116 valence electrons. The molecule has 21 heavy (non-hydrogen) atoms. The van der Waals surface area contributed by atoms with Gasteiger partial charge in [0.05, 0.1) is 5.54 Å². The number of hydrogen-bond acceptors (Lipinski definition) is 3. The number of ketones is 1. The van der Waals surface area contributed by atoms with Gasteiger partial charge in [-0.1, -0.05) is 19.4 Å². The topological polar surface area (TPSA) is 72.2 Å². The minimum Gasteiger partial charge on any atom is -0.324 e. The van der Waals surface area contributed by atoms with E-state index in [4.69, 9.17) is 5.73 Å². The Morgan fingerprint density at radius 3 is 2.76 bits per heavy atom. The van der Waals surface area contributed by atoms with Gasteiger partial charge < -0.3 is 11.1 Å². The minimum atomic E-state index is -0.880.